The minimum Gasteiger partial charge on any atom is -0.469 e. The maximum atomic E-state index is 11.5. The number of esters is 1. The van der Waals surface area contributed by atoms with Crippen LogP contribution in [0.3, 0.4) is 0 Å². The van der Waals surface area contributed by atoms with Crippen molar-refractivity contribution < 1.29 is 14.5 Å². The zero-order valence-electron chi connectivity index (χ0n) is 10.0. The fourth-order valence-corrected chi connectivity index (χ4v) is 2.82. The van der Waals surface area contributed by atoms with Crippen LogP contribution >= 0.6 is 11.3 Å². The van der Waals surface area contributed by atoms with Crippen LogP contribution in [0.1, 0.15) is 6.92 Å². The van der Waals surface area contributed by atoms with Crippen molar-refractivity contribution >= 4 is 27.4 Å². The number of ether oxygens (including phenoxy) is 1. The molecule has 0 amide bonds. The van der Waals surface area contributed by atoms with Crippen molar-refractivity contribution in [2.24, 2.45) is 11.8 Å². The quantitative estimate of drug-likeness (QED) is 0.468. The number of carbonyl (C=O) groups is 1. The van der Waals surface area contributed by atoms with Gasteiger partial charge in [-0.25, -0.2) is 4.98 Å². The standard InChI is InChI=1S/C10H13N3O4S/c1-6-4-12(5-7(6)9(14)17-2)10-11-3-8(18-10)13(15)16/h3,6-7H,4-5H2,1-2H3. The number of nitro groups is 1. The Morgan fingerprint density at radius 3 is 2.94 bits per heavy atom. The first-order chi connectivity index (χ1) is 8.52. The third kappa shape index (κ3) is 2.28. The topological polar surface area (TPSA) is 85.6 Å². The smallest absolute Gasteiger partial charge is 0.345 e. The lowest BCUT2D eigenvalue weighted by molar-refractivity contribution is -0.380. The maximum Gasteiger partial charge on any atom is 0.345 e. The Bertz CT molecular complexity index is 475. The Balaban J connectivity index is 2.11. The molecule has 1 aromatic heterocycles. The monoisotopic (exact) mass is 271 g/mol. The summed E-state index contributed by atoms with van der Waals surface area (Å²) in [4.78, 5) is 27.6. The fraction of sp³-hybridized carbons (Fsp3) is 0.600. The summed E-state index contributed by atoms with van der Waals surface area (Å²) in [6.45, 7) is 3.12. The van der Waals surface area contributed by atoms with E-state index in [9.17, 15) is 14.9 Å². The van der Waals surface area contributed by atoms with E-state index in [1.165, 1.54) is 13.3 Å². The molecule has 2 atom stereocenters. The molecule has 0 spiro atoms. The Morgan fingerprint density at radius 2 is 2.39 bits per heavy atom. The minimum atomic E-state index is -0.460. The molecule has 0 bridgehead atoms. The summed E-state index contributed by atoms with van der Waals surface area (Å²) in [5, 5.41) is 11.2. The van der Waals surface area contributed by atoms with Gasteiger partial charge in [0.15, 0.2) is 5.13 Å². The average molecular weight is 271 g/mol. The van der Waals surface area contributed by atoms with Gasteiger partial charge in [0.1, 0.15) is 6.20 Å². The molecule has 98 valence electrons. The van der Waals surface area contributed by atoms with E-state index in [-0.39, 0.29) is 22.8 Å². The Hall–Kier alpha value is -1.70. The summed E-state index contributed by atoms with van der Waals surface area (Å²) < 4.78 is 4.74. The molecule has 1 saturated heterocycles. The van der Waals surface area contributed by atoms with E-state index in [4.69, 9.17) is 4.74 Å². The highest BCUT2D eigenvalue weighted by molar-refractivity contribution is 7.18. The summed E-state index contributed by atoms with van der Waals surface area (Å²) >= 11 is 1.03. The van der Waals surface area contributed by atoms with Gasteiger partial charge in [0.25, 0.3) is 0 Å². The van der Waals surface area contributed by atoms with Gasteiger partial charge in [-0.3, -0.25) is 14.9 Å². The second-order valence-electron chi connectivity index (χ2n) is 4.25. The molecule has 0 aliphatic carbocycles. The van der Waals surface area contributed by atoms with E-state index >= 15 is 0 Å². The number of hydrogen-bond donors (Lipinski definition) is 0. The van der Waals surface area contributed by atoms with Crippen molar-refractivity contribution in [1.29, 1.82) is 0 Å². The minimum absolute atomic E-state index is 0.0131. The van der Waals surface area contributed by atoms with Gasteiger partial charge in [0.05, 0.1) is 18.0 Å². The van der Waals surface area contributed by atoms with Gasteiger partial charge >= 0.3 is 11.0 Å². The number of carbonyl (C=O) groups excluding carboxylic acids is 1. The predicted molar refractivity (Wildman–Crippen MR) is 65.7 cm³/mol. The molecule has 7 nitrogen and oxygen atoms in total. The molecule has 2 unspecified atom stereocenters. The van der Waals surface area contributed by atoms with E-state index in [2.05, 4.69) is 4.98 Å². The third-order valence-corrected chi connectivity index (χ3v) is 4.06. The van der Waals surface area contributed by atoms with Crippen LogP contribution in [0, 0.1) is 22.0 Å². The molecular weight excluding hydrogens is 258 g/mol. The molecule has 8 heteroatoms. The number of methoxy groups -OCH3 is 1. The van der Waals surface area contributed by atoms with Crippen LogP contribution in [0.25, 0.3) is 0 Å². The number of hydrogen-bond acceptors (Lipinski definition) is 7. The summed E-state index contributed by atoms with van der Waals surface area (Å²) in [5.74, 6) is -0.283. The highest BCUT2D eigenvalue weighted by atomic mass is 32.1. The molecule has 0 saturated carbocycles. The molecule has 2 rings (SSSR count). The molecule has 1 aliphatic heterocycles. The van der Waals surface area contributed by atoms with Crippen LogP contribution in [0.5, 0.6) is 0 Å². The van der Waals surface area contributed by atoms with Crippen molar-refractivity contribution in [3.05, 3.63) is 16.3 Å². The molecule has 0 aromatic carbocycles. The first kappa shape index (κ1) is 12.7. The van der Waals surface area contributed by atoms with Crippen LogP contribution in [-0.2, 0) is 9.53 Å². The molecule has 0 radical (unpaired) electrons. The fourth-order valence-electron chi connectivity index (χ4n) is 2.07. The summed E-state index contributed by atoms with van der Waals surface area (Å²) in [5.41, 5.74) is 0. The summed E-state index contributed by atoms with van der Waals surface area (Å²) in [6.07, 6.45) is 1.25. The van der Waals surface area contributed by atoms with E-state index < -0.39 is 4.92 Å². The number of aromatic nitrogens is 1. The molecule has 18 heavy (non-hydrogen) atoms. The Morgan fingerprint density at radius 1 is 1.67 bits per heavy atom. The molecule has 1 fully saturated rings. The van der Waals surface area contributed by atoms with Crippen molar-refractivity contribution in [2.45, 2.75) is 6.92 Å². The largest absolute Gasteiger partial charge is 0.469 e. The predicted octanol–water partition coefficient (Wildman–Crippen LogP) is 1.30. The molecule has 0 N–H and O–H groups in total. The number of thiazole rings is 1. The van der Waals surface area contributed by atoms with Gasteiger partial charge in [-0.2, -0.15) is 0 Å². The second kappa shape index (κ2) is 4.89. The van der Waals surface area contributed by atoms with Crippen LogP contribution in [0.15, 0.2) is 6.20 Å². The van der Waals surface area contributed by atoms with Gasteiger partial charge in [-0.1, -0.05) is 6.92 Å². The Labute approximate surface area is 108 Å². The van der Waals surface area contributed by atoms with Gasteiger partial charge in [0.2, 0.25) is 0 Å². The van der Waals surface area contributed by atoms with Crippen LogP contribution in [-0.4, -0.2) is 36.1 Å². The zero-order chi connectivity index (χ0) is 13.3. The summed E-state index contributed by atoms with van der Waals surface area (Å²) in [7, 11) is 1.37. The first-order valence-electron chi connectivity index (χ1n) is 5.46. The van der Waals surface area contributed by atoms with Gasteiger partial charge in [0, 0.05) is 13.1 Å². The highest BCUT2D eigenvalue weighted by Gasteiger charge is 2.37. The van der Waals surface area contributed by atoms with Crippen LogP contribution in [0.2, 0.25) is 0 Å². The lowest BCUT2D eigenvalue weighted by Crippen LogP contribution is -2.24. The third-order valence-electron chi connectivity index (χ3n) is 3.05. The van der Waals surface area contributed by atoms with E-state index in [1.54, 1.807) is 0 Å². The Kier molecular flexibility index (Phi) is 3.46. The normalized spacial score (nSPS) is 23.1. The van der Waals surface area contributed by atoms with Crippen LogP contribution < -0.4 is 4.90 Å². The van der Waals surface area contributed by atoms with Gasteiger partial charge in [-0.15, -0.1) is 0 Å². The van der Waals surface area contributed by atoms with Gasteiger partial charge in [-0.05, 0) is 17.3 Å². The molecule has 2 heterocycles. The van der Waals surface area contributed by atoms with Crippen molar-refractivity contribution in [3.8, 4) is 0 Å². The zero-order valence-corrected chi connectivity index (χ0v) is 10.8. The lowest BCUT2D eigenvalue weighted by Gasteiger charge is -2.13. The van der Waals surface area contributed by atoms with Crippen molar-refractivity contribution in [3.63, 3.8) is 0 Å². The van der Waals surface area contributed by atoms with Crippen molar-refractivity contribution in [2.75, 3.05) is 25.1 Å². The molecule has 1 aliphatic rings. The number of anilines is 1. The maximum absolute atomic E-state index is 11.5. The van der Waals surface area contributed by atoms with E-state index in [1.807, 2.05) is 11.8 Å². The average Bonchev–Trinajstić information content (AvgIpc) is 2.94. The second-order valence-corrected chi connectivity index (χ2v) is 5.24. The SMILES string of the molecule is COC(=O)C1CN(c2ncc([N+](=O)[O-])s2)CC1C. The number of nitrogens with zero attached hydrogens (tertiary/aromatic N) is 3. The van der Waals surface area contributed by atoms with E-state index in [0.29, 0.717) is 18.2 Å². The highest BCUT2D eigenvalue weighted by Crippen LogP contribution is 2.34. The van der Waals surface area contributed by atoms with Crippen molar-refractivity contribution in [1.82, 2.24) is 4.98 Å². The first-order valence-corrected chi connectivity index (χ1v) is 6.27. The molecule has 1 aromatic rings. The van der Waals surface area contributed by atoms with E-state index in [0.717, 1.165) is 11.3 Å². The lowest BCUT2D eigenvalue weighted by atomic mass is 9.99. The van der Waals surface area contributed by atoms with Gasteiger partial charge < -0.3 is 9.64 Å². The van der Waals surface area contributed by atoms with Crippen LogP contribution in [0.4, 0.5) is 10.1 Å². The number of rotatable bonds is 3. The molecular formula is C10H13N3O4S. The summed E-state index contributed by atoms with van der Waals surface area (Å²) in [6, 6.07) is 0.